The normalized spacial score (nSPS) is 27.4. The van der Waals surface area contributed by atoms with Gasteiger partial charge in [-0.05, 0) is 57.5 Å². The maximum Gasteiger partial charge on any atom is 0.0615 e. The molecule has 0 aliphatic heterocycles. The standard InChI is InChI=1S/C14H30N2O/c1-4-16(12(2)11-17-3)10-14-7-5-13(9-15)6-8-14/h12-14H,4-11,15H2,1-3H3. The lowest BCUT2D eigenvalue weighted by atomic mass is 9.81. The smallest absolute Gasteiger partial charge is 0.0615 e. The molecular formula is C14H30N2O. The van der Waals surface area contributed by atoms with Crippen molar-refractivity contribution in [2.24, 2.45) is 17.6 Å². The van der Waals surface area contributed by atoms with Gasteiger partial charge >= 0.3 is 0 Å². The SMILES string of the molecule is CCN(CC1CCC(CN)CC1)C(C)COC. The van der Waals surface area contributed by atoms with Crippen LogP contribution < -0.4 is 5.73 Å². The van der Waals surface area contributed by atoms with Crippen molar-refractivity contribution in [2.75, 3.05) is 33.4 Å². The van der Waals surface area contributed by atoms with E-state index in [-0.39, 0.29) is 0 Å². The molecule has 0 aromatic carbocycles. The number of hydrogen-bond donors (Lipinski definition) is 1. The van der Waals surface area contributed by atoms with Gasteiger partial charge in [-0.1, -0.05) is 6.92 Å². The predicted octanol–water partition coefficient (Wildman–Crippen LogP) is 2.11. The van der Waals surface area contributed by atoms with Crippen LogP contribution in [-0.2, 0) is 4.74 Å². The molecule has 0 aromatic heterocycles. The lowest BCUT2D eigenvalue weighted by molar-refractivity contribution is 0.0829. The third-order valence-electron chi connectivity index (χ3n) is 4.23. The van der Waals surface area contributed by atoms with Crippen LogP contribution in [0.1, 0.15) is 39.5 Å². The zero-order chi connectivity index (χ0) is 12.7. The van der Waals surface area contributed by atoms with Crippen molar-refractivity contribution in [3.63, 3.8) is 0 Å². The second kappa shape index (κ2) is 8.06. The van der Waals surface area contributed by atoms with Crippen molar-refractivity contribution < 1.29 is 4.74 Å². The van der Waals surface area contributed by atoms with Crippen LogP contribution in [0.3, 0.4) is 0 Å². The molecule has 102 valence electrons. The molecule has 1 aliphatic carbocycles. The predicted molar refractivity (Wildman–Crippen MR) is 73.1 cm³/mol. The summed E-state index contributed by atoms with van der Waals surface area (Å²) in [6, 6.07) is 0.539. The fourth-order valence-electron chi connectivity index (χ4n) is 2.95. The fourth-order valence-corrected chi connectivity index (χ4v) is 2.95. The van der Waals surface area contributed by atoms with Crippen molar-refractivity contribution in [3.8, 4) is 0 Å². The Bertz CT molecular complexity index is 191. The van der Waals surface area contributed by atoms with Crippen molar-refractivity contribution >= 4 is 0 Å². The molecule has 1 aliphatic rings. The molecule has 1 saturated carbocycles. The first-order valence-corrected chi connectivity index (χ1v) is 7.14. The van der Waals surface area contributed by atoms with Crippen LogP contribution in [-0.4, -0.2) is 44.3 Å². The summed E-state index contributed by atoms with van der Waals surface area (Å²) in [5.41, 5.74) is 5.74. The van der Waals surface area contributed by atoms with E-state index in [1.54, 1.807) is 7.11 Å². The van der Waals surface area contributed by atoms with Gasteiger partial charge in [0.05, 0.1) is 6.61 Å². The van der Waals surface area contributed by atoms with Gasteiger partial charge in [0.25, 0.3) is 0 Å². The highest BCUT2D eigenvalue weighted by Crippen LogP contribution is 2.28. The number of rotatable bonds is 7. The molecule has 0 bridgehead atoms. The van der Waals surface area contributed by atoms with E-state index in [4.69, 9.17) is 10.5 Å². The summed E-state index contributed by atoms with van der Waals surface area (Å²) in [4.78, 5) is 2.55. The number of nitrogens with two attached hydrogens (primary N) is 1. The number of nitrogens with zero attached hydrogens (tertiary/aromatic N) is 1. The van der Waals surface area contributed by atoms with E-state index >= 15 is 0 Å². The summed E-state index contributed by atoms with van der Waals surface area (Å²) in [7, 11) is 1.79. The van der Waals surface area contributed by atoms with E-state index in [0.29, 0.717) is 6.04 Å². The van der Waals surface area contributed by atoms with Crippen molar-refractivity contribution in [2.45, 2.75) is 45.6 Å². The Morgan fingerprint density at radius 3 is 2.29 bits per heavy atom. The molecule has 2 N–H and O–H groups in total. The van der Waals surface area contributed by atoms with Crippen LogP contribution in [0.5, 0.6) is 0 Å². The highest BCUT2D eigenvalue weighted by molar-refractivity contribution is 4.77. The maximum atomic E-state index is 5.74. The number of methoxy groups -OCH3 is 1. The van der Waals surface area contributed by atoms with Gasteiger partial charge in [-0.2, -0.15) is 0 Å². The Morgan fingerprint density at radius 2 is 1.82 bits per heavy atom. The lowest BCUT2D eigenvalue weighted by Gasteiger charge is -2.34. The molecule has 1 atom stereocenters. The Labute approximate surface area is 107 Å². The molecule has 1 unspecified atom stereocenters. The molecule has 1 rings (SSSR count). The van der Waals surface area contributed by atoms with Crippen LogP contribution >= 0.6 is 0 Å². The minimum absolute atomic E-state index is 0.539. The van der Waals surface area contributed by atoms with Gasteiger partial charge in [0.1, 0.15) is 0 Å². The van der Waals surface area contributed by atoms with E-state index in [9.17, 15) is 0 Å². The molecule has 0 aromatic rings. The molecule has 3 nitrogen and oxygen atoms in total. The van der Waals surface area contributed by atoms with Crippen molar-refractivity contribution in [3.05, 3.63) is 0 Å². The Morgan fingerprint density at radius 1 is 1.24 bits per heavy atom. The highest BCUT2D eigenvalue weighted by Gasteiger charge is 2.23. The molecule has 0 radical (unpaired) electrons. The van der Waals surface area contributed by atoms with E-state index in [1.807, 2.05) is 0 Å². The quantitative estimate of drug-likeness (QED) is 0.743. The Hall–Kier alpha value is -0.120. The number of likely N-dealkylation sites (N-methyl/N-ethyl adjacent to an activating group) is 1. The first kappa shape index (κ1) is 14.9. The van der Waals surface area contributed by atoms with E-state index in [1.165, 1.54) is 32.2 Å². The molecule has 0 amide bonds. The number of ether oxygens (including phenoxy) is 1. The van der Waals surface area contributed by atoms with E-state index < -0.39 is 0 Å². The van der Waals surface area contributed by atoms with Gasteiger partial charge in [0, 0.05) is 19.7 Å². The maximum absolute atomic E-state index is 5.74. The summed E-state index contributed by atoms with van der Waals surface area (Å²) in [5, 5.41) is 0. The second-order valence-electron chi connectivity index (χ2n) is 5.51. The third kappa shape index (κ3) is 4.94. The lowest BCUT2D eigenvalue weighted by Crippen LogP contribution is -2.40. The highest BCUT2D eigenvalue weighted by atomic mass is 16.5. The molecule has 0 spiro atoms. The Balaban J connectivity index is 2.31. The molecule has 17 heavy (non-hydrogen) atoms. The first-order valence-electron chi connectivity index (χ1n) is 7.14. The summed E-state index contributed by atoms with van der Waals surface area (Å²) in [5.74, 6) is 1.66. The van der Waals surface area contributed by atoms with Crippen LogP contribution in [0.15, 0.2) is 0 Å². The average molecular weight is 242 g/mol. The van der Waals surface area contributed by atoms with E-state index in [2.05, 4.69) is 18.7 Å². The molecule has 3 heteroatoms. The van der Waals surface area contributed by atoms with Gasteiger partial charge in [-0.25, -0.2) is 0 Å². The van der Waals surface area contributed by atoms with Crippen molar-refractivity contribution in [1.82, 2.24) is 4.90 Å². The zero-order valence-corrected chi connectivity index (χ0v) is 11.8. The third-order valence-corrected chi connectivity index (χ3v) is 4.23. The molecule has 1 fully saturated rings. The van der Waals surface area contributed by atoms with Crippen LogP contribution in [0.25, 0.3) is 0 Å². The minimum atomic E-state index is 0.539. The first-order chi connectivity index (χ1) is 8.21. The Kier molecular flexibility index (Phi) is 7.09. The molecular weight excluding hydrogens is 212 g/mol. The van der Waals surface area contributed by atoms with Crippen molar-refractivity contribution in [1.29, 1.82) is 0 Å². The topological polar surface area (TPSA) is 38.5 Å². The van der Waals surface area contributed by atoms with Gasteiger partial charge < -0.3 is 10.5 Å². The largest absolute Gasteiger partial charge is 0.383 e. The van der Waals surface area contributed by atoms with E-state index in [0.717, 1.165) is 31.5 Å². The monoisotopic (exact) mass is 242 g/mol. The van der Waals surface area contributed by atoms with Gasteiger partial charge in [-0.15, -0.1) is 0 Å². The average Bonchev–Trinajstić information content (AvgIpc) is 2.37. The summed E-state index contributed by atoms with van der Waals surface area (Å²) in [6.07, 6.45) is 5.38. The second-order valence-corrected chi connectivity index (χ2v) is 5.51. The van der Waals surface area contributed by atoms with Crippen LogP contribution in [0, 0.1) is 11.8 Å². The minimum Gasteiger partial charge on any atom is -0.383 e. The van der Waals surface area contributed by atoms with Gasteiger partial charge in [0.15, 0.2) is 0 Å². The molecule has 0 heterocycles. The molecule has 0 saturated heterocycles. The summed E-state index contributed by atoms with van der Waals surface area (Å²) < 4.78 is 5.25. The fraction of sp³-hybridized carbons (Fsp3) is 1.00. The summed E-state index contributed by atoms with van der Waals surface area (Å²) in [6.45, 7) is 8.59. The van der Waals surface area contributed by atoms with Crippen LogP contribution in [0.4, 0.5) is 0 Å². The van der Waals surface area contributed by atoms with Gasteiger partial charge in [0.2, 0.25) is 0 Å². The summed E-state index contributed by atoms with van der Waals surface area (Å²) >= 11 is 0. The van der Waals surface area contributed by atoms with Crippen LogP contribution in [0.2, 0.25) is 0 Å². The zero-order valence-electron chi connectivity index (χ0n) is 11.8. The van der Waals surface area contributed by atoms with Gasteiger partial charge in [-0.3, -0.25) is 4.90 Å². The number of hydrogen-bond acceptors (Lipinski definition) is 3.